The van der Waals surface area contributed by atoms with E-state index < -0.39 is 5.82 Å². The van der Waals surface area contributed by atoms with Crippen LogP contribution in [0.5, 0.6) is 0 Å². The van der Waals surface area contributed by atoms with Crippen molar-refractivity contribution in [2.45, 2.75) is 18.6 Å². The van der Waals surface area contributed by atoms with Gasteiger partial charge in [-0.05, 0) is 42.8 Å². The normalized spacial score (nSPS) is 10.8. The Labute approximate surface area is 181 Å². The van der Waals surface area contributed by atoms with Crippen molar-refractivity contribution in [2.24, 2.45) is 0 Å². The second-order valence-corrected chi connectivity index (χ2v) is 7.89. The second-order valence-electron chi connectivity index (χ2n) is 6.13. The Bertz CT molecular complexity index is 1070. The molecule has 1 amide bonds. The summed E-state index contributed by atoms with van der Waals surface area (Å²) in [6.07, 6.45) is 1.71. The minimum Gasteiger partial charge on any atom is -0.325 e. The monoisotopic (exact) mass is 450 g/mol. The van der Waals surface area contributed by atoms with Crippen molar-refractivity contribution in [3.8, 4) is 11.4 Å². The number of amides is 1. The molecule has 9 heteroatoms. The summed E-state index contributed by atoms with van der Waals surface area (Å²) in [6, 6.07) is 9.45. The van der Waals surface area contributed by atoms with E-state index in [1.165, 1.54) is 23.9 Å². The van der Waals surface area contributed by atoms with E-state index in [1.807, 2.05) is 4.57 Å². The summed E-state index contributed by atoms with van der Waals surface area (Å²) in [6.45, 7) is 6.02. The molecule has 0 radical (unpaired) electrons. The lowest BCUT2D eigenvalue weighted by atomic mass is 10.2. The molecule has 0 aliphatic carbocycles. The lowest BCUT2D eigenvalue weighted by Gasteiger charge is -2.10. The minimum atomic E-state index is -0.407. The molecule has 0 saturated carbocycles. The second kappa shape index (κ2) is 9.43. The van der Waals surface area contributed by atoms with Crippen molar-refractivity contribution in [3.63, 3.8) is 0 Å². The molecule has 3 rings (SSSR count). The van der Waals surface area contributed by atoms with Crippen molar-refractivity contribution in [2.75, 3.05) is 11.1 Å². The molecule has 0 spiro atoms. The zero-order valence-corrected chi connectivity index (χ0v) is 17.8. The van der Waals surface area contributed by atoms with Crippen molar-refractivity contribution >= 4 is 46.6 Å². The van der Waals surface area contributed by atoms with Crippen LogP contribution in [-0.4, -0.2) is 26.4 Å². The topological polar surface area (TPSA) is 59.8 Å². The summed E-state index contributed by atoms with van der Waals surface area (Å²) in [5, 5.41) is 12.5. The summed E-state index contributed by atoms with van der Waals surface area (Å²) >= 11 is 13.3. The van der Waals surface area contributed by atoms with Gasteiger partial charge in [0.1, 0.15) is 5.82 Å². The molecule has 29 heavy (non-hydrogen) atoms. The highest BCUT2D eigenvalue weighted by Crippen LogP contribution is 2.30. The summed E-state index contributed by atoms with van der Waals surface area (Å²) < 4.78 is 15.2. The van der Waals surface area contributed by atoms with Gasteiger partial charge in [0.05, 0.1) is 15.8 Å². The Morgan fingerprint density at radius 1 is 1.24 bits per heavy atom. The molecule has 3 aromatic rings. The third-order valence-corrected chi connectivity index (χ3v) is 5.72. The molecule has 150 valence electrons. The van der Waals surface area contributed by atoms with Gasteiger partial charge in [-0.25, -0.2) is 4.39 Å². The van der Waals surface area contributed by atoms with Crippen molar-refractivity contribution in [3.05, 3.63) is 70.5 Å². The molecule has 1 aromatic heterocycles. The first-order chi connectivity index (χ1) is 13.9. The van der Waals surface area contributed by atoms with Crippen LogP contribution in [0.4, 0.5) is 10.1 Å². The van der Waals surface area contributed by atoms with Crippen LogP contribution in [0.3, 0.4) is 0 Å². The van der Waals surface area contributed by atoms with E-state index in [0.29, 0.717) is 33.3 Å². The van der Waals surface area contributed by atoms with Gasteiger partial charge < -0.3 is 5.32 Å². The quantitative estimate of drug-likeness (QED) is 0.375. The summed E-state index contributed by atoms with van der Waals surface area (Å²) in [7, 11) is 0. The van der Waals surface area contributed by atoms with Gasteiger partial charge in [0.25, 0.3) is 0 Å². The number of rotatable bonds is 7. The average Bonchev–Trinajstić information content (AvgIpc) is 3.08. The summed E-state index contributed by atoms with van der Waals surface area (Å²) in [5.74, 6) is 0.00270. The number of hydrogen-bond acceptors (Lipinski definition) is 4. The number of carbonyl (C=O) groups excluding carboxylic acids is 1. The van der Waals surface area contributed by atoms with Crippen molar-refractivity contribution in [1.82, 2.24) is 14.8 Å². The first-order valence-corrected chi connectivity index (χ1v) is 10.3. The number of nitrogens with zero attached hydrogens (tertiary/aromatic N) is 3. The number of benzene rings is 2. The smallest absolute Gasteiger partial charge is 0.234 e. The number of carbonyl (C=O) groups is 1. The van der Waals surface area contributed by atoms with E-state index in [1.54, 1.807) is 37.3 Å². The van der Waals surface area contributed by atoms with Gasteiger partial charge in [0, 0.05) is 17.8 Å². The number of halogens is 3. The number of hydrogen-bond donors (Lipinski definition) is 1. The van der Waals surface area contributed by atoms with E-state index in [2.05, 4.69) is 22.1 Å². The van der Waals surface area contributed by atoms with E-state index in [4.69, 9.17) is 23.2 Å². The number of aromatic nitrogens is 3. The summed E-state index contributed by atoms with van der Waals surface area (Å²) in [5.41, 5.74) is 1.97. The van der Waals surface area contributed by atoms with Gasteiger partial charge >= 0.3 is 0 Å². The van der Waals surface area contributed by atoms with Gasteiger partial charge in [0.2, 0.25) is 5.91 Å². The fraction of sp³-hybridized carbons (Fsp3) is 0.150. The highest BCUT2D eigenvalue weighted by Gasteiger charge is 2.16. The largest absolute Gasteiger partial charge is 0.325 e. The molecule has 0 aliphatic rings. The predicted octanol–water partition coefficient (Wildman–Crippen LogP) is 5.62. The Morgan fingerprint density at radius 2 is 2.03 bits per heavy atom. The third-order valence-electron chi connectivity index (χ3n) is 4.01. The van der Waals surface area contributed by atoms with Gasteiger partial charge in [-0.2, -0.15) is 0 Å². The number of allylic oxidation sites excluding steroid dienone is 1. The third kappa shape index (κ3) is 5.18. The molecule has 0 aliphatic heterocycles. The highest BCUT2D eigenvalue weighted by atomic mass is 35.5. The Balaban J connectivity index is 1.76. The minimum absolute atomic E-state index is 0.0899. The highest BCUT2D eigenvalue weighted by molar-refractivity contribution is 7.99. The zero-order chi connectivity index (χ0) is 21.0. The van der Waals surface area contributed by atoms with Crippen LogP contribution in [0.2, 0.25) is 10.0 Å². The zero-order valence-electron chi connectivity index (χ0n) is 15.5. The molecule has 0 saturated heterocycles. The van der Waals surface area contributed by atoms with Crippen LogP contribution in [0.1, 0.15) is 5.56 Å². The molecular weight excluding hydrogens is 434 g/mol. The Kier molecular flexibility index (Phi) is 6.95. The maximum Gasteiger partial charge on any atom is 0.234 e. The molecule has 1 heterocycles. The Morgan fingerprint density at radius 3 is 2.76 bits per heavy atom. The first kappa shape index (κ1) is 21.4. The molecule has 0 fully saturated rings. The van der Waals surface area contributed by atoms with Crippen molar-refractivity contribution < 1.29 is 9.18 Å². The molecule has 2 aromatic carbocycles. The summed E-state index contributed by atoms with van der Waals surface area (Å²) in [4.78, 5) is 12.3. The van der Waals surface area contributed by atoms with Crippen molar-refractivity contribution in [1.29, 1.82) is 0 Å². The first-order valence-electron chi connectivity index (χ1n) is 8.57. The fourth-order valence-electron chi connectivity index (χ4n) is 2.58. The van der Waals surface area contributed by atoms with E-state index in [0.717, 1.165) is 11.1 Å². The number of anilines is 1. The predicted molar refractivity (Wildman–Crippen MR) is 116 cm³/mol. The van der Waals surface area contributed by atoms with E-state index in [9.17, 15) is 9.18 Å². The average molecular weight is 451 g/mol. The van der Waals surface area contributed by atoms with Gasteiger partial charge in [-0.3, -0.25) is 9.36 Å². The maximum atomic E-state index is 13.4. The van der Waals surface area contributed by atoms with E-state index in [-0.39, 0.29) is 11.7 Å². The van der Waals surface area contributed by atoms with Crippen LogP contribution in [0.15, 0.2) is 54.2 Å². The Hall–Kier alpha value is -2.35. The lowest BCUT2D eigenvalue weighted by molar-refractivity contribution is -0.113. The molecule has 0 unspecified atom stereocenters. The van der Waals surface area contributed by atoms with E-state index >= 15 is 0 Å². The van der Waals surface area contributed by atoms with Crippen LogP contribution >= 0.6 is 35.0 Å². The van der Waals surface area contributed by atoms with Gasteiger partial charge in [-0.15, -0.1) is 16.8 Å². The number of thioether (sulfide) groups is 1. The molecule has 5 nitrogen and oxygen atoms in total. The molecule has 0 bridgehead atoms. The number of aryl methyl sites for hydroxylation is 1. The standard InChI is InChI=1S/C20H17Cl2FN4OS/c1-3-8-27-19(13-5-7-15(21)16(22)9-13)25-26-20(27)29-11-18(28)24-17-10-14(23)6-4-12(17)2/h3-7,9-10H,1,8,11H2,2H3,(H,24,28). The number of nitrogens with one attached hydrogen (secondary N) is 1. The van der Waals surface area contributed by atoms with Gasteiger partial charge in [-0.1, -0.05) is 47.1 Å². The van der Waals surface area contributed by atoms with Crippen LogP contribution in [-0.2, 0) is 11.3 Å². The molecular formula is C20H17Cl2FN4OS. The van der Waals surface area contributed by atoms with Gasteiger partial charge in [0.15, 0.2) is 11.0 Å². The maximum absolute atomic E-state index is 13.4. The van der Waals surface area contributed by atoms with Crippen LogP contribution in [0.25, 0.3) is 11.4 Å². The molecule has 0 atom stereocenters. The molecule has 1 N–H and O–H groups in total. The lowest BCUT2D eigenvalue weighted by Crippen LogP contribution is -2.15. The SMILES string of the molecule is C=CCn1c(SCC(=O)Nc2cc(F)ccc2C)nnc1-c1ccc(Cl)c(Cl)c1. The van der Waals surface area contributed by atoms with Crippen LogP contribution in [0, 0.1) is 12.7 Å². The van der Waals surface area contributed by atoms with Crippen LogP contribution < -0.4 is 5.32 Å². The fourth-order valence-corrected chi connectivity index (χ4v) is 3.63.